The zero-order chi connectivity index (χ0) is 14.0. The molecule has 3 heterocycles. The van der Waals surface area contributed by atoms with E-state index in [0.717, 1.165) is 12.5 Å². The zero-order valence-electron chi connectivity index (χ0n) is 12.4. The quantitative estimate of drug-likeness (QED) is 0.775. The summed E-state index contributed by atoms with van der Waals surface area (Å²) in [6, 6.07) is 12.1. The molecule has 4 aliphatic rings. The fourth-order valence-electron chi connectivity index (χ4n) is 5.81. The highest BCUT2D eigenvalue weighted by molar-refractivity contribution is 5.81. The van der Waals surface area contributed by atoms with Gasteiger partial charge < -0.3 is 9.80 Å². The highest BCUT2D eigenvalue weighted by Crippen LogP contribution is 2.59. The van der Waals surface area contributed by atoms with Gasteiger partial charge in [-0.3, -0.25) is 0 Å². The van der Waals surface area contributed by atoms with Crippen molar-refractivity contribution in [2.24, 2.45) is 5.92 Å². The van der Waals surface area contributed by atoms with Gasteiger partial charge in [-0.05, 0) is 43.6 Å². The average molecular weight is 282 g/mol. The van der Waals surface area contributed by atoms with Gasteiger partial charge in [0.05, 0.1) is 11.6 Å². The van der Waals surface area contributed by atoms with Crippen LogP contribution < -0.4 is 0 Å². The molecule has 21 heavy (non-hydrogen) atoms. The minimum Gasteiger partial charge on any atom is -0.319 e. The molecule has 0 radical (unpaired) electrons. The molecule has 1 aliphatic carbocycles. The van der Waals surface area contributed by atoms with Crippen molar-refractivity contribution < 1.29 is 4.79 Å². The van der Waals surface area contributed by atoms with E-state index < -0.39 is 0 Å². The summed E-state index contributed by atoms with van der Waals surface area (Å²) < 4.78 is 0. The number of fused-ring (bicyclic) bond motifs is 5. The molecule has 3 saturated heterocycles. The Kier molecular flexibility index (Phi) is 2.31. The van der Waals surface area contributed by atoms with E-state index in [4.69, 9.17) is 0 Å². The van der Waals surface area contributed by atoms with Crippen molar-refractivity contribution in [3.63, 3.8) is 0 Å². The lowest BCUT2D eigenvalue weighted by Gasteiger charge is -2.37. The number of amides is 2. The van der Waals surface area contributed by atoms with Crippen LogP contribution in [0.2, 0.25) is 0 Å². The molecule has 2 amide bonds. The van der Waals surface area contributed by atoms with E-state index in [0.29, 0.717) is 18.1 Å². The second-order valence-corrected chi connectivity index (χ2v) is 7.26. The average Bonchev–Trinajstić information content (AvgIpc) is 3.23. The number of rotatable bonds is 1. The van der Waals surface area contributed by atoms with Gasteiger partial charge in [0, 0.05) is 12.6 Å². The van der Waals surface area contributed by atoms with Crippen molar-refractivity contribution in [3.8, 4) is 0 Å². The van der Waals surface area contributed by atoms with Crippen molar-refractivity contribution in [3.05, 3.63) is 35.9 Å². The number of nitrogens with zero attached hydrogens (tertiary/aromatic N) is 2. The third kappa shape index (κ3) is 1.33. The zero-order valence-corrected chi connectivity index (χ0v) is 12.4. The van der Waals surface area contributed by atoms with E-state index in [1.54, 1.807) is 0 Å². The number of benzene rings is 1. The van der Waals surface area contributed by atoms with Crippen LogP contribution in [-0.4, -0.2) is 34.5 Å². The highest BCUT2D eigenvalue weighted by atomic mass is 16.2. The predicted molar refractivity (Wildman–Crippen MR) is 80.8 cm³/mol. The maximum Gasteiger partial charge on any atom is 0.321 e. The number of urea groups is 1. The molecule has 4 fully saturated rings. The van der Waals surface area contributed by atoms with E-state index >= 15 is 0 Å². The van der Waals surface area contributed by atoms with Gasteiger partial charge in [-0.15, -0.1) is 0 Å². The standard InChI is InChI=1S/C18H22N2O/c21-17-19-11-5-10-16(19)18(14-7-2-1-3-8-14)12-13-6-4-9-15(13)20(17)18/h1-3,7-8,13,15-16H,4-6,9-12H2/t13-,15-,16-,18-/m1/s1. The summed E-state index contributed by atoms with van der Waals surface area (Å²) in [5.41, 5.74) is 1.35. The van der Waals surface area contributed by atoms with Crippen molar-refractivity contribution >= 4 is 6.03 Å². The molecule has 3 heteroatoms. The molecule has 0 bridgehead atoms. The summed E-state index contributed by atoms with van der Waals surface area (Å²) in [5, 5.41) is 0. The molecule has 110 valence electrons. The Morgan fingerprint density at radius 3 is 2.76 bits per heavy atom. The maximum absolute atomic E-state index is 13.0. The lowest BCUT2D eigenvalue weighted by Crippen LogP contribution is -2.46. The van der Waals surface area contributed by atoms with Gasteiger partial charge in [0.15, 0.2) is 0 Å². The summed E-state index contributed by atoms with van der Waals surface area (Å²) in [6.45, 7) is 0.964. The number of carbonyl (C=O) groups is 1. The summed E-state index contributed by atoms with van der Waals surface area (Å²) >= 11 is 0. The van der Waals surface area contributed by atoms with Crippen LogP contribution in [-0.2, 0) is 5.54 Å². The van der Waals surface area contributed by atoms with Gasteiger partial charge in [0.25, 0.3) is 0 Å². The normalized spacial score (nSPS) is 40.6. The first-order chi connectivity index (χ1) is 10.3. The molecule has 0 unspecified atom stereocenters. The molecular weight excluding hydrogens is 260 g/mol. The van der Waals surface area contributed by atoms with Crippen LogP contribution in [0.4, 0.5) is 4.79 Å². The first-order valence-electron chi connectivity index (χ1n) is 8.48. The third-order valence-corrected chi connectivity index (χ3v) is 6.48. The SMILES string of the molecule is O=C1N2CCC[C@@H]2[C@]2(c3ccccc3)C[C@H]3CCC[C@H]3N12. The topological polar surface area (TPSA) is 23.6 Å². The lowest BCUT2D eigenvalue weighted by atomic mass is 9.78. The van der Waals surface area contributed by atoms with Crippen molar-refractivity contribution in [2.75, 3.05) is 6.54 Å². The smallest absolute Gasteiger partial charge is 0.319 e. The van der Waals surface area contributed by atoms with E-state index in [-0.39, 0.29) is 5.54 Å². The first kappa shape index (κ1) is 12.1. The lowest BCUT2D eigenvalue weighted by molar-refractivity contribution is 0.144. The van der Waals surface area contributed by atoms with Crippen LogP contribution in [0.25, 0.3) is 0 Å². The molecule has 5 rings (SSSR count). The molecule has 4 atom stereocenters. The molecule has 0 spiro atoms. The van der Waals surface area contributed by atoms with E-state index in [9.17, 15) is 4.79 Å². The van der Waals surface area contributed by atoms with Gasteiger partial charge in [-0.2, -0.15) is 0 Å². The maximum atomic E-state index is 13.0. The fourth-order valence-corrected chi connectivity index (χ4v) is 5.81. The fraction of sp³-hybridized carbons (Fsp3) is 0.611. The van der Waals surface area contributed by atoms with Crippen LogP contribution in [0.1, 0.15) is 44.1 Å². The number of hydrogen-bond donors (Lipinski definition) is 0. The van der Waals surface area contributed by atoms with E-state index in [2.05, 4.69) is 40.1 Å². The second kappa shape index (κ2) is 4.02. The van der Waals surface area contributed by atoms with Crippen molar-refractivity contribution in [1.29, 1.82) is 0 Å². The van der Waals surface area contributed by atoms with Crippen LogP contribution in [0.5, 0.6) is 0 Å². The molecule has 3 nitrogen and oxygen atoms in total. The molecule has 1 aromatic rings. The Morgan fingerprint density at radius 2 is 1.90 bits per heavy atom. The Labute approximate surface area is 125 Å². The largest absolute Gasteiger partial charge is 0.321 e. The highest BCUT2D eigenvalue weighted by Gasteiger charge is 2.66. The summed E-state index contributed by atoms with van der Waals surface area (Å²) in [6.07, 6.45) is 7.37. The predicted octanol–water partition coefficient (Wildman–Crippen LogP) is 3.35. The third-order valence-electron chi connectivity index (χ3n) is 6.48. The summed E-state index contributed by atoms with van der Waals surface area (Å²) in [5.74, 6) is 0.733. The Hall–Kier alpha value is -1.51. The molecule has 0 aromatic heterocycles. The van der Waals surface area contributed by atoms with Crippen molar-refractivity contribution in [1.82, 2.24) is 9.80 Å². The van der Waals surface area contributed by atoms with E-state index in [1.807, 2.05) is 0 Å². The van der Waals surface area contributed by atoms with Crippen LogP contribution >= 0.6 is 0 Å². The first-order valence-corrected chi connectivity index (χ1v) is 8.48. The Morgan fingerprint density at radius 1 is 1.05 bits per heavy atom. The van der Waals surface area contributed by atoms with Crippen LogP contribution in [0.15, 0.2) is 30.3 Å². The minimum atomic E-state index is -0.0232. The van der Waals surface area contributed by atoms with E-state index in [1.165, 1.54) is 44.1 Å². The van der Waals surface area contributed by atoms with Crippen LogP contribution in [0, 0.1) is 5.92 Å². The van der Waals surface area contributed by atoms with Crippen LogP contribution in [0.3, 0.4) is 0 Å². The van der Waals surface area contributed by atoms with Gasteiger partial charge in [-0.1, -0.05) is 36.8 Å². The van der Waals surface area contributed by atoms with Gasteiger partial charge in [0.2, 0.25) is 0 Å². The summed E-state index contributed by atoms with van der Waals surface area (Å²) in [7, 11) is 0. The Bertz CT molecular complexity index is 586. The van der Waals surface area contributed by atoms with Gasteiger partial charge in [0.1, 0.15) is 0 Å². The monoisotopic (exact) mass is 282 g/mol. The second-order valence-electron chi connectivity index (χ2n) is 7.26. The molecule has 1 aromatic carbocycles. The minimum absolute atomic E-state index is 0.0232. The molecule has 0 N–H and O–H groups in total. The van der Waals surface area contributed by atoms with Gasteiger partial charge in [-0.25, -0.2) is 4.79 Å². The van der Waals surface area contributed by atoms with Crippen molar-refractivity contribution in [2.45, 2.75) is 56.1 Å². The Balaban J connectivity index is 1.70. The summed E-state index contributed by atoms with van der Waals surface area (Å²) in [4.78, 5) is 17.5. The molecular formula is C18H22N2O. The van der Waals surface area contributed by atoms with Gasteiger partial charge >= 0.3 is 6.03 Å². The molecule has 1 saturated carbocycles. The number of hydrogen-bond acceptors (Lipinski definition) is 1. The molecule has 3 aliphatic heterocycles. The number of carbonyl (C=O) groups excluding carboxylic acids is 1.